The van der Waals surface area contributed by atoms with Gasteiger partial charge in [-0.15, -0.1) is 0 Å². The summed E-state index contributed by atoms with van der Waals surface area (Å²) < 4.78 is 4.90. The molecule has 19 heavy (non-hydrogen) atoms. The van der Waals surface area contributed by atoms with Gasteiger partial charge >= 0.3 is 5.97 Å². The first kappa shape index (κ1) is 14.0. The summed E-state index contributed by atoms with van der Waals surface area (Å²) in [5.74, 6) is -0.632. The Labute approximate surface area is 111 Å². The molecule has 1 fully saturated rings. The molecule has 3 N–H and O–H groups in total. The number of aliphatic hydroxyl groups is 1. The Balaban J connectivity index is 1.80. The van der Waals surface area contributed by atoms with E-state index in [1.807, 2.05) is 0 Å². The van der Waals surface area contributed by atoms with E-state index in [-0.39, 0.29) is 5.69 Å². The highest BCUT2D eigenvalue weighted by Crippen LogP contribution is 2.26. The summed E-state index contributed by atoms with van der Waals surface area (Å²) in [6, 6.07) is 1.40. The third-order valence-electron chi connectivity index (χ3n) is 3.57. The van der Waals surface area contributed by atoms with Crippen molar-refractivity contribution in [2.45, 2.75) is 50.7 Å². The van der Waals surface area contributed by atoms with Gasteiger partial charge in [0, 0.05) is 12.6 Å². The smallest absolute Gasteiger partial charge is 0.358 e. The second kappa shape index (κ2) is 6.16. The van der Waals surface area contributed by atoms with Gasteiger partial charge in [-0.25, -0.2) is 4.79 Å². The molecular weight excluding hydrogens is 248 g/mol. The maximum Gasteiger partial charge on any atom is 0.358 e. The second-order valence-corrected chi connectivity index (χ2v) is 5.23. The standard InChI is InChI=1S/C13H20N2O4/c16-12(17)11-7-10(19-15-11)8-14-9-13(18)5-3-1-2-4-6-13/h7,14,18H,1-6,8-9H2,(H,16,17). The van der Waals surface area contributed by atoms with Crippen LogP contribution in [-0.2, 0) is 6.54 Å². The first-order chi connectivity index (χ1) is 9.09. The summed E-state index contributed by atoms with van der Waals surface area (Å²) in [5, 5.41) is 25.7. The van der Waals surface area contributed by atoms with Crippen molar-refractivity contribution in [3.8, 4) is 0 Å². The lowest BCUT2D eigenvalue weighted by molar-refractivity contribution is 0.0246. The largest absolute Gasteiger partial charge is 0.476 e. The van der Waals surface area contributed by atoms with E-state index in [1.54, 1.807) is 0 Å². The first-order valence-corrected chi connectivity index (χ1v) is 6.71. The number of nitrogens with zero attached hydrogens (tertiary/aromatic N) is 1. The lowest BCUT2D eigenvalue weighted by atomic mass is 9.94. The molecular formula is C13H20N2O4. The predicted octanol–water partition coefficient (Wildman–Crippen LogP) is 1.55. The number of aromatic nitrogens is 1. The average molecular weight is 268 g/mol. The van der Waals surface area contributed by atoms with E-state index in [1.165, 1.54) is 18.9 Å². The SMILES string of the molecule is O=C(O)c1cc(CNCC2(O)CCCCCC2)on1. The molecule has 1 aromatic heterocycles. The van der Waals surface area contributed by atoms with Gasteiger partial charge in [-0.1, -0.05) is 30.8 Å². The Kier molecular flexibility index (Phi) is 4.55. The van der Waals surface area contributed by atoms with Gasteiger partial charge in [-0.3, -0.25) is 0 Å². The summed E-state index contributed by atoms with van der Waals surface area (Å²) >= 11 is 0. The van der Waals surface area contributed by atoms with Crippen LogP contribution in [0.1, 0.15) is 54.8 Å². The third kappa shape index (κ3) is 4.04. The van der Waals surface area contributed by atoms with Crippen LogP contribution in [0, 0.1) is 0 Å². The molecule has 0 amide bonds. The fourth-order valence-corrected chi connectivity index (χ4v) is 2.48. The van der Waals surface area contributed by atoms with Crippen molar-refractivity contribution in [3.05, 3.63) is 17.5 Å². The third-order valence-corrected chi connectivity index (χ3v) is 3.57. The maximum atomic E-state index is 10.6. The molecule has 0 aliphatic heterocycles. The lowest BCUT2D eigenvalue weighted by Crippen LogP contribution is -2.39. The summed E-state index contributed by atoms with van der Waals surface area (Å²) in [5.41, 5.74) is -0.739. The molecule has 1 aliphatic carbocycles. The van der Waals surface area contributed by atoms with Gasteiger partial charge in [0.25, 0.3) is 0 Å². The average Bonchev–Trinajstić information content (AvgIpc) is 2.73. The van der Waals surface area contributed by atoms with Crippen LogP contribution in [-0.4, -0.2) is 33.5 Å². The van der Waals surface area contributed by atoms with Crippen molar-refractivity contribution in [2.24, 2.45) is 0 Å². The predicted molar refractivity (Wildman–Crippen MR) is 67.8 cm³/mol. The molecule has 0 unspecified atom stereocenters. The first-order valence-electron chi connectivity index (χ1n) is 6.71. The number of carboxylic acids is 1. The van der Waals surface area contributed by atoms with E-state index in [0.29, 0.717) is 18.8 Å². The highest BCUT2D eigenvalue weighted by molar-refractivity contribution is 5.85. The Morgan fingerprint density at radius 2 is 2.05 bits per heavy atom. The molecule has 6 heteroatoms. The van der Waals surface area contributed by atoms with Gasteiger partial charge in [-0.05, 0) is 12.8 Å². The van der Waals surface area contributed by atoms with Crippen LogP contribution in [0.25, 0.3) is 0 Å². The zero-order valence-corrected chi connectivity index (χ0v) is 10.9. The Morgan fingerprint density at radius 3 is 2.63 bits per heavy atom. The molecule has 0 radical (unpaired) electrons. The van der Waals surface area contributed by atoms with Crippen molar-refractivity contribution in [1.82, 2.24) is 10.5 Å². The van der Waals surface area contributed by atoms with Crippen molar-refractivity contribution in [2.75, 3.05) is 6.54 Å². The van der Waals surface area contributed by atoms with E-state index in [4.69, 9.17) is 9.63 Å². The topological polar surface area (TPSA) is 95.6 Å². The van der Waals surface area contributed by atoms with E-state index in [9.17, 15) is 9.90 Å². The summed E-state index contributed by atoms with van der Waals surface area (Å²) in [6.07, 6.45) is 6.12. The maximum absolute atomic E-state index is 10.6. The van der Waals surface area contributed by atoms with Crippen LogP contribution in [0.2, 0.25) is 0 Å². The van der Waals surface area contributed by atoms with Gasteiger partial charge in [0.1, 0.15) is 0 Å². The normalized spacial score (nSPS) is 19.0. The molecule has 0 aromatic carbocycles. The highest BCUT2D eigenvalue weighted by Gasteiger charge is 2.27. The molecule has 0 saturated heterocycles. The fraction of sp³-hybridized carbons (Fsp3) is 0.692. The number of carbonyl (C=O) groups is 1. The van der Waals surface area contributed by atoms with Crippen LogP contribution >= 0.6 is 0 Å². The molecule has 0 atom stereocenters. The molecule has 6 nitrogen and oxygen atoms in total. The summed E-state index contributed by atoms with van der Waals surface area (Å²) in [7, 11) is 0. The van der Waals surface area contributed by atoms with Gasteiger partial charge in [0.15, 0.2) is 11.5 Å². The van der Waals surface area contributed by atoms with Crippen LogP contribution < -0.4 is 5.32 Å². The van der Waals surface area contributed by atoms with Crippen molar-refractivity contribution in [3.63, 3.8) is 0 Å². The van der Waals surface area contributed by atoms with Gasteiger partial charge in [0.2, 0.25) is 0 Å². The molecule has 106 valence electrons. The highest BCUT2D eigenvalue weighted by atomic mass is 16.5. The Bertz CT molecular complexity index is 422. The van der Waals surface area contributed by atoms with Gasteiger partial charge in [0.05, 0.1) is 12.1 Å². The minimum Gasteiger partial charge on any atom is -0.476 e. The second-order valence-electron chi connectivity index (χ2n) is 5.23. The van der Waals surface area contributed by atoms with Crippen LogP contribution in [0.5, 0.6) is 0 Å². The van der Waals surface area contributed by atoms with Gasteiger partial charge in [-0.2, -0.15) is 0 Å². The number of carboxylic acid groups (broad SMARTS) is 1. The molecule has 1 aromatic rings. The Hall–Kier alpha value is -1.40. The Morgan fingerprint density at radius 1 is 1.37 bits per heavy atom. The van der Waals surface area contributed by atoms with Crippen LogP contribution in [0.3, 0.4) is 0 Å². The minimum absolute atomic E-state index is 0.0926. The van der Waals surface area contributed by atoms with Crippen molar-refractivity contribution < 1.29 is 19.5 Å². The van der Waals surface area contributed by atoms with E-state index in [0.717, 1.165) is 25.7 Å². The number of nitrogens with one attached hydrogen (secondary N) is 1. The number of aromatic carboxylic acids is 1. The summed E-state index contributed by atoms with van der Waals surface area (Å²) in [4.78, 5) is 10.6. The molecule has 0 bridgehead atoms. The van der Waals surface area contributed by atoms with Crippen LogP contribution in [0.15, 0.2) is 10.6 Å². The van der Waals surface area contributed by atoms with E-state index < -0.39 is 11.6 Å². The lowest BCUT2D eigenvalue weighted by Gasteiger charge is -2.26. The minimum atomic E-state index is -1.10. The number of hydrogen-bond acceptors (Lipinski definition) is 5. The van der Waals surface area contributed by atoms with E-state index >= 15 is 0 Å². The molecule has 1 heterocycles. The summed E-state index contributed by atoms with van der Waals surface area (Å²) in [6.45, 7) is 0.874. The molecule has 2 rings (SSSR count). The van der Waals surface area contributed by atoms with Crippen molar-refractivity contribution in [1.29, 1.82) is 0 Å². The number of rotatable bonds is 5. The zero-order valence-electron chi connectivity index (χ0n) is 10.9. The van der Waals surface area contributed by atoms with Crippen LogP contribution in [0.4, 0.5) is 0 Å². The van der Waals surface area contributed by atoms with E-state index in [2.05, 4.69) is 10.5 Å². The zero-order chi connectivity index (χ0) is 13.7. The molecule has 1 saturated carbocycles. The fourth-order valence-electron chi connectivity index (χ4n) is 2.48. The quantitative estimate of drug-likeness (QED) is 0.701. The molecule has 0 spiro atoms. The van der Waals surface area contributed by atoms with Gasteiger partial charge < -0.3 is 20.1 Å². The molecule has 1 aliphatic rings. The monoisotopic (exact) mass is 268 g/mol. The number of hydrogen-bond donors (Lipinski definition) is 3. The van der Waals surface area contributed by atoms with Crippen molar-refractivity contribution >= 4 is 5.97 Å².